The van der Waals surface area contributed by atoms with Gasteiger partial charge in [-0.15, -0.1) is 0 Å². The van der Waals surface area contributed by atoms with Crippen LogP contribution in [0, 0.1) is 0 Å². The van der Waals surface area contributed by atoms with Crippen molar-refractivity contribution in [3.05, 3.63) is 48.3 Å². The maximum Gasteiger partial charge on any atom is 0.270 e. The second kappa shape index (κ2) is 9.22. The molecule has 1 aromatic carbocycles. The molecule has 1 N–H and O–H groups in total. The molecule has 28 heavy (non-hydrogen) atoms. The Morgan fingerprint density at radius 3 is 2.68 bits per heavy atom. The van der Waals surface area contributed by atoms with Crippen LogP contribution >= 0.6 is 0 Å². The van der Waals surface area contributed by atoms with Crippen LogP contribution in [-0.4, -0.2) is 75.0 Å². The van der Waals surface area contributed by atoms with Crippen molar-refractivity contribution in [1.29, 1.82) is 0 Å². The van der Waals surface area contributed by atoms with Crippen molar-refractivity contribution < 1.29 is 22.7 Å². The molecular formula is C19H25N3O5S. The highest BCUT2D eigenvalue weighted by Gasteiger charge is 2.28. The van der Waals surface area contributed by atoms with Gasteiger partial charge in [0.1, 0.15) is 16.3 Å². The molecule has 0 bridgehead atoms. The number of ether oxygens (including phenoxy) is 2. The topological polar surface area (TPSA) is 91.9 Å². The average molecular weight is 407 g/mol. The number of morpholine rings is 1. The van der Waals surface area contributed by atoms with E-state index in [1.165, 1.54) is 16.6 Å². The van der Waals surface area contributed by atoms with Crippen LogP contribution in [0.2, 0.25) is 0 Å². The number of carbonyl (C=O) groups excluding carboxylic acids is 1. The van der Waals surface area contributed by atoms with E-state index < -0.39 is 10.0 Å². The summed E-state index contributed by atoms with van der Waals surface area (Å²) in [5, 5.41) is 0. The number of para-hydroxylation sites is 1. The van der Waals surface area contributed by atoms with Crippen LogP contribution in [0.5, 0.6) is 5.75 Å². The first kappa shape index (κ1) is 20.4. The Morgan fingerprint density at radius 1 is 1.25 bits per heavy atom. The predicted molar refractivity (Wildman–Crippen MR) is 104 cm³/mol. The lowest BCUT2D eigenvalue weighted by atomic mass is 10.3. The third-order valence-electron chi connectivity index (χ3n) is 4.49. The molecule has 1 aliphatic heterocycles. The van der Waals surface area contributed by atoms with Gasteiger partial charge < -0.3 is 19.4 Å². The zero-order chi connectivity index (χ0) is 20.0. The van der Waals surface area contributed by atoms with Crippen LogP contribution in [-0.2, 0) is 14.8 Å². The smallest absolute Gasteiger partial charge is 0.270 e. The van der Waals surface area contributed by atoms with Gasteiger partial charge in [0.25, 0.3) is 5.91 Å². The summed E-state index contributed by atoms with van der Waals surface area (Å²) in [6.45, 7) is 2.38. The summed E-state index contributed by atoms with van der Waals surface area (Å²) in [6.07, 6.45) is 2.03. The molecule has 1 amide bonds. The number of hydrogen-bond acceptors (Lipinski definition) is 5. The van der Waals surface area contributed by atoms with Gasteiger partial charge in [0, 0.05) is 32.9 Å². The summed E-state index contributed by atoms with van der Waals surface area (Å²) in [4.78, 5) is 17.0. The van der Waals surface area contributed by atoms with Gasteiger partial charge in [0.2, 0.25) is 10.0 Å². The highest BCUT2D eigenvalue weighted by molar-refractivity contribution is 7.89. The van der Waals surface area contributed by atoms with Gasteiger partial charge in [-0.2, -0.15) is 4.31 Å². The van der Waals surface area contributed by atoms with Gasteiger partial charge >= 0.3 is 0 Å². The first-order valence-corrected chi connectivity index (χ1v) is 10.6. The number of aromatic nitrogens is 1. The van der Waals surface area contributed by atoms with Gasteiger partial charge in [-0.25, -0.2) is 8.42 Å². The molecule has 9 heteroatoms. The fourth-order valence-corrected chi connectivity index (χ4v) is 4.30. The molecule has 1 saturated heterocycles. The van der Waals surface area contributed by atoms with E-state index in [0.717, 1.165) is 5.75 Å². The van der Waals surface area contributed by atoms with Crippen LogP contribution in [0.25, 0.3) is 0 Å². The molecule has 0 atom stereocenters. The lowest BCUT2D eigenvalue weighted by Crippen LogP contribution is -2.40. The predicted octanol–water partition coefficient (Wildman–Crippen LogP) is 1.58. The number of sulfonamides is 1. The Labute approximate surface area is 165 Å². The molecule has 0 saturated carbocycles. The molecular weight excluding hydrogens is 382 g/mol. The maximum atomic E-state index is 12.6. The van der Waals surface area contributed by atoms with Gasteiger partial charge in [-0.1, -0.05) is 18.2 Å². The molecule has 0 aliphatic carbocycles. The van der Waals surface area contributed by atoms with E-state index in [9.17, 15) is 13.2 Å². The maximum absolute atomic E-state index is 12.6. The molecule has 0 spiro atoms. The summed E-state index contributed by atoms with van der Waals surface area (Å²) in [5.74, 6) is 0.530. The second-order valence-corrected chi connectivity index (χ2v) is 8.45. The van der Waals surface area contributed by atoms with E-state index in [1.807, 2.05) is 30.3 Å². The molecule has 3 rings (SSSR count). The van der Waals surface area contributed by atoms with Crippen molar-refractivity contribution in [2.45, 2.75) is 11.3 Å². The molecule has 152 valence electrons. The third-order valence-corrected chi connectivity index (χ3v) is 6.37. The van der Waals surface area contributed by atoms with Crippen LogP contribution < -0.4 is 4.74 Å². The number of aromatic amines is 1. The number of H-pyrrole nitrogens is 1. The van der Waals surface area contributed by atoms with E-state index >= 15 is 0 Å². The van der Waals surface area contributed by atoms with E-state index in [0.29, 0.717) is 45.9 Å². The summed E-state index contributed by atoms with van der Waals surface area (Å²) in [6, 6.07) is 10.9. The summed E-state index contributed by atoms with van der Waals surface area (Å²) in [7, 11) is -1.94. The first-order valence-electron chi connectivity index (χ1n) is 9.18. The minimum atomic E-state index is -3.62. The van der Waals surface area contributed by atoms with Crippen molar-refractivity contribution in [2.75, 3.05) is 46.5 Å². The normalized spacial score (nSPS) is 15.3. The van der Waals surface area contributed by atoms with Crippen LogP contribution in [0.15, 0.2) is 47.5 Å². The molecule has 2 aromatic rings. The van der Waals surface area contributed by atoms with Crippen LogP contribution in [0.3, 0.4) is 0 Å². The fraction of sp³-hybridized carbons (Fsp3) is 0.421. The standard InChI is InChI=1S/C19H25N3O5S/c1-21(8-5-11-27-16-6-3-2-4-7-16)19(23)18-14-17(15-20-18)28(24,25)22-9-12-26-13-10-22/h2-4,6-7,14-15,20H,5,8-13H2,1H3. The zero-order valence-electron chi connectivity index (χ0n) is 15.8. The largest absolute Gasteiger partial charge is 0.494 e. The Balaban J connectivity index is 1.52. The number of hydrogen-bond donors (Lipinski definition) is 1. The van der Waals surface area contributed by atoms with Crippen molar-refractivity contribution in [3.8, 4) is 5.75 Å². The minimum Gasteiger partial charge on any atom is -0.494 e. The Hall–Kier alpha value is -2.36. The Kier molecular flexibility index (Phi) is 6.71. The average Bonchev–Trinajstić information content (AvgIpc) is 3.23. The zero-order valence-corrected chi connectivity index (χ0v) is 16.7. The third kappa shape index (κ3) is 4.92. The quantitative estimate of drug-likeness (QED) is 0.671. The summed E-state index contributed by atoms with van der Waals surface area (Å²) >= 11 is 0. The van der Waals surface area contributed by atoms with Gasteiger partial charge in [0.05, 0.1) is 19.8 Å². The Bertz CT molecular complexity index is 876. The molecule has 1 aliphatic rings. The van der Waals surface area contributed by atoms with Crippen molar-refractivity contribution in [1.82, 2.24) is 14.2 Å². The number of nitrogens with zero attached hydrogens (tertiary/aromatic N) is 2. The number of amides is 1. The monoisotopic (exact) mass is 407 g/mol. The lowest BCUT2D eigenvalue weighted by molar-refractivity contribution is 0.0730. The number of nitrogens with one attached hydrogen (secondary N) is 1. The molecule has 0 unspecified atom stereocenters. The van der Waals surface area contributed by atoms with Crippen LogP contribution in [0.4, 0.5) is 0 Å². The van der Waals surface area contributed by atoms with Crippen molar-refractivity contribution in [3.63, 3.8) is 0 Å². The van der Waals surface area contributed by atoms with Gasteiger partial charge in [0.15, 0.2) is 0 Å². The van der Waals surface area contributed by atoms with Gasteiger partial charge in [-0.3, -0.25) is 4.79 Å². The Morgan fingerprint density at radius 2 is 1.96 bits per heavy atom. The van der Waals surface area contributed by atoms with E-state index in [-0.39, 0.29) is 16.5 Å². The fourth-order valence-electron chi connectivity index (χ4n) is 2.90. The number of rotatable bonds is 8. The number of carbonyl (C=O) groups is 1. The van der Waals surface area contributed by atoms with Gasteiger partial charge in [-0.05, 0) is 24.6 Å². The van der Waals surface area contributed by atoms with Crippen molar-refractivity contribution >= 4 is 15.9 Å². The molecule has 0 radical (unpaired) electrons. The summed E-state index contributed by atoms with van der Waals surface area (Å²) in [5.41, 5.74) is 0.248. The first-order chi connectivity index (χ1) is 13.5. The molecule has 8 nitrogen and oxygen atoms in total. The highest BCUT2D eigenvalue weighted by atomic mass is 32.2. The van der Waals surface area contributed by atoms with Crippen LogP contribution in [0.1, 0.15) is 16.9 Å². The minimum absolute atomic E-state index is 0.0959. The SMILES string of the molecule is CN(CCCOc1ccccc1)C(=O)c1cc(S(=O)(=O)N2CCOCC2)c[nH]1. The van der Waals surface area contributed by atoms with E-state index in [2.05, 4.69) is 4.98 Å². The lowest BCUT2D eigenvalue weighted by Gasteiger charge is -2.25. The second-order valence-electron chi connectivity index (χ2n) is 6.51. The van der Waals surface area contributed by atoms with E-state index in [1.54, 1.807) is 11.9 Å². The van der Waals surface area contributed by atoms with E-state index in [4.69, 9.17) is 9.47 Å². The summed E-state index contributed by atoms with van der Waals surface area (Å²) < 4.78 is 37.5. The van der Waals surface area contributed by atoms with Crippen molar-refractivity contribution in [2.24, 2.45) is 0 Å². The molecule has 1 aromatic heterocycles. The molecule has 2 heterocycles. The number of benzene rings is 1. The highest BCUT2D eigenvalue weighted by Crippen LogP contribution is 2.18. The molecule has 1 fully saturated rings.